The highest BCUT2D eigenvalue weighted by molar-refractivity contribution is 7.80. The Bertz CT molecular complexity index is 497. The van der Waals surface area contributed by atoms with Crippen molar-refractivity contribution in [3.63, 3.8) is 0 Å². The largest absolute Gasteiger partial charge is 0.389 e. The fraction of sp³-hybridized carbons (Fsp3) is 0.385. The van der Waals surface area contributed by atoms with Crippen LogP contribution in [0, 0.1) is 5.82 Å². The lowest BCUT2D eigenvalue weighted by molar-refractivity contribution is -0.120. The molecule has 6 heteroatoms. The lowest BCUT2D eigenvalue weighted by Gasteiger charge is -2.21. The summed E-state index contributed by atoms with van der Waals surface area (Å²) >= 11 is 4.85. The van der Waals surface area contributed by atoms with Crippen LogP contribution in [0.4, 0.5) is 10.1 Å². The molecule has 0 atom stereocenters. The van der Waals surface area contributed by atoms with E-state index in [1.165, 1.54) is 18.2 Å². The summed E-state index contributed by atoms with van der Waals surface area (Å²) in [6, 6.07) is 4.03. The minimum atomic E-state index is -0.424. The number of hydrogen-bond acceptors (Lipinski definition) is 3. The van der Waals surface area contributed by atoms with Crippen LogP contribution in [0.5, 0.6) is 0 Å². The normalized spacial score (nSPS) is 10.9. The van der Waals surface area contributed by atoms with E-state index in [-0.39, 0.29) is 23.0 Å². The quantitative estimate of drug-likeness (QED) is 0.737. The third-order valence-corrected chi connectivity index (χ3v) is 2.42. The Morgan fingerprint density at radius 1 is 1.42 bits per heavy atom. The van der Waals surface area contributed by atoms with Crippen LogP contribution in [0.25, 0.3) is 0 Å². The van der Waals surface area contributed by atoms with Crippen molar-refractivity contribution < 1.29 is 9.18 Å². The number of rotatable bonds is 4. The molecule has 0 aliphatic heterocycles. The lowest BCUT2D eigenvalue weighted by Crippen LogP contribution is -2.43. The first-order valence-electron chi connectivity index (χ1n) is 5.83. The van der Waals surface area contributed by atoms with Gasteiger partial charge in [-0.15, -0.1) is 0 Å². The molecule has 0 saturated heterocycles. The number of nitrogens with one attached hydrogen (secondary N) is 2. The van der Waals surface area contributed by atoms with Crippen LogP contribution in [0.3, 0.4) is 0 Å². The van der Waals surface area contributed by atoms with Gasteiger partial charge in [0, 0.05) is 16.8 Å². The Morgan fingerprint density at radius 3 is 2.58 bits per heavy atom. The first-order valence-corrected chi connectivity index (χ1v) is 6.24. The highest BCUT2D eigenvalue weighted by atomic mass is 32.1. The summed E-state index contributed by atoms with van der Waals surface area (Å²) in [5.74, 6) is -0.585. The van der Waals surface area contributed by atoms with Gasteiger partial charge in [-0.1, -0.05) is 12.2 Å². The Balaban J connectivity index is 2.73. The number of anilines is 1. The smallest absolute Gasteiger partial charge is 0.239 e. The van der Waals surface area contributed by atoms with Crippen LogP contribution in [-0.2, 0) is 4.79 Å². The van der Waals surface area contributed by atoms with Gasteiger partial charge in [0.05, 0.1) is 6.54 Å². The fourth-order valence-electron chi connectivity index (χ4n) is 1.51. The molecular weight excluding hydrogens is 265 g/mol. The van der Waals surface area contributed by atoms with Crippen molar-refractivity contribution in [2.24, 2.45) is 5.73 Å². The first kappa shape index (κ1) is 15.4. The van der Waals surface area contributed by atoms with E-state index in [0.717, 1.165) is 0 Å². The van der Waals surface area contributed by atoms with Crippen molar-refractivity contribution >= 4 is 28.8 Å². The highest BCUT2D eigenvalue weighted by Gasteiger charge is 2.14. The molecule has 1 rings (SSSR count). The van der Waals surface area contributed by atoms with E-state index in [4.69, 9.17) is 18.0 Å². The van der Waals surface area contributed by atoms with Gasteiger partial charge < -0.3 is 16.4 Å². The predicted molar refractivity (Wildman–Crippen MR) is 78.7 cm³/mol. The van der Waals surface area contributed by atoms with Crippen LogP contribution < -0.4 is 16.4 Å². The first-order chi connectivity index (χ1) is 8.69. The molecule has 0 heterocycles. The Kier molecular flexibility index (Phi) is 4.83. The van der Waals surface area contributed by atoms with E-state index in [0.29, 0.717) is 11.3 Å². The molecule has 1 amide bonds. The van der Waals surface area contributed by atoms with Crippen molar-refractivity contribution in [1.82, 2.24) is 5.32 Å². The second-order valence-corrected chi connectivity index (χ2v) is 5.65. The molecule has 1 aromatic carbocycles. The molecule has 0 radical (unpaired) electrons. The minimum Gasteiger partial charge on any atom is -0.389 e. The van der Waals surface area contributed by atoms with Gasteiger partial charge in [0.1, 0.15) is 10.8 Å². The molecule has 0 bridgehead atoms. The third-order valence-electron chi connectivity index (χ3n) is 2.20. The van der Waals surface area contributed by atoms with Crippen molar-refractivity contribution in [2.75, 3.05) is 11.9 Å². The number of hydrogen-bond donors (Lipinski definition) is 3. The zero-order valence-electron chi connectivity index (χ0n) is 11.2. The standard InChI is InChI=1S/C13H18FN3OS/c1-13(2,3)17-11(18)7-16-10-5-4-8(14)6-9(10)12(15)19/h4-6,16H,7H2,1-3H3,(H2,15,19)(H,17,18). The van der Waals surface area contributed by atoms with E-state index in [2.05, 4.69) is 10.6 Å². The van der Waals surface area contributed by atoms with Crippen LogP contribution in [0.2, 0.25) is 0 Å². The molecule has 0 aromatic heterocycles. The van der Waals surface area contributed by atoms with E-state index in [1.54, 1.807) is 0 Å². The van der Waals surface area contributed by atoms with Crippen molar-refractivity contribution in [2.45, 2.75) is 26.3 Å². The lowest BCUT2D eigenvalue weighted by atomic mass is 10.1. The van der Waals surface area contributed by atoms with E-state index in [9.17, 15) is 9.18 Å². The van der Waals surface area contributed by atoms with Crippen molar-refractivity contribution in [3.8, 4) is 0 Å². The number of thiocarbonyl (C=S) groups is 1. The number of nitrogens with two attached hydrogens (primary N) is 1. The second-order valence-electron chi connectivity index (χ2n) is 5.21. The number of carbonyl (C=O) groups excluding carboxylic acids is 1. The molecule has 0 spiro atoms. The number of halogens is 1. The van der Waals surface area contributed by atoms with Gasteiger partial charge in [-0.25, -0.2) is 4.39 Å². The topological polar surface area (TPSA) is 67.2 Å². The summed E-state index contributed by atoms with van der Waals surface area (Å²) in [6.45, 7) is 5.74. The highest BCUT2D eigenvalue weighted by Crippen LogP contribution is 2.16. The fourth-order valence-corrected chi connectivity index (χ4v) is 1.68. The Labute approximate surface area is 117 Å². The number of amides is 1. The summed E-state index contributed by atoms with van der Waals surface area (Å²) in [5, 5.41) is 5.71. The molecule has 1 aromatic rings. The second kappa shape index (κ2) is 5.97. The Hall–Kier alpha value is -1.69. The van der Waals surface area contributed by atoms with Gasteiger partial charge in [0.2, 0.25) is 5.91 Å². The number of benzene rings is 1. The average molecular weight is 283 g/mol. The average Bonchev–Trinajstić information content (AvgIpc) is 2.24. The maximum atomic E-state index is 13.1. The van der Waals surface area contributed by atoms with Gasteiger partial charge in [0.15, 0.2) is 0 Å². The molecule has 4 nitrogen and oxygen atoms in total. The van der Waals surface area contributed by atoms with Crippen LogP contribution >= 0.6 is 12.2 Å². The van der Waals surface area contributed by atoms with Crippen LogP contribution in [0.15, 0.2) is 18.2 Å². The maximum Gasteiger partial charge on any atom is 0.239 e. The van der Waals surface area contributed by atoms with Gasteiger partial charge >= 0.3 is 0 Å². The molecule has 0 saturated carbocycles. The van der Waals surface area contributed by atoms with Crippen molar-refractivity contribution in [1.29, 1.82) is 0 Å². The van der Waals surface area contributed by atoms with Gasteiger partial charge in [-0.3, -0.25) is 4.79 Å². The molecule has 0 aliphatic carbocycles. The minimum absolute atomic E-state index is 0.0680. The van der Waals surface area contributed by atoms with Gasteiger partial charge in [-0.05, 0) is 39.0 Å². The van der Waals surface area contributed by atoms with Crippen LogP contribution in [0.1, 0.15) is 26.3 Å². The molecule has 104 valence electrons. The Morgan fingerprint density at radius 2 is 2.05 bits per heavy atom. The molecule has 0 unspecified atom stereocenters. The predicted octanol–water partition coefficient (Wildman–Crippen LogP) is 1.79. The van der Waals surface area contributed by atoms with Crippen molar-refractivity contribution in [3.05, 3.63) is 29.6 Å². The SMILES string of the molecule is CC(C)(C)NC(=O)CNc1ccc(F)cc1C(N)=S. The summed E-state index contributed by atoms with van der Waals surface area (Å²) < 4.78 is 13.1. The molecule has 4 N–H and O–H groups in total. The number of carbonyl (C=O) groups is 1. The molecule has 19 heavy (non-hydrogen) atoms. The van der Waals surface area contributed by atoms with Gasteiger partial charge in [-0.2, -0.15) is 0 Å². The van der Waals surface area contributed by atoms with E-state index < -0.39 is 5.82 Å². The maximum absolute atomic E-state index is 13.1. The van der Waals surface area contributed by atoms with Crippen LogP contribution in [-0.4, -0.2) is 23.0 Å². The van der Waals surface area contributed by atoms with E-state index >= 15 is 0 Å². The molecule has 0 fully saturated rings. The zero-order valence-corrected chi connectivity index (χ0v) is 12.0. The summed E-state index contributed by atoms with van der Waals surface area (Å²) in [4.78, 5) is 11.8. The van der Waals surface area contributed by atoms with Gasteiger partial charge in [0.25, 0.3) is 0 Å². The third kappa shape index (κ3) is 5.21. The summed E-state index contributed by atoms with van der Waals surface area (Å²) in [6.07, 6.45) is 0. The molecule has 0 aliphatic rings. The molecular formula is C13H18FN3OS. The monoisotopic (exact) mass is 283 g/mol. The zero-order chi connectivity index (χ0) is 14.6. The summed E-state index contributed by atoms with van der Waals surface area (Å²) in [7, 11) is 0. The summed E-state index contributed by atoms with van der Waals surface area (Å²) in [5.41, 5.74) is 6.15. The van der Waals surface area contributed by atoms with E-state index in [1.807, 2.05) is 20.8 Å².